The predicted molar refractivity (Wildman–Crippen MR) is 88.5 cm³/mol. The standard InChI is InChI=1S/C17H27BrO5/c1-9(19)21-11-8-16(4)13(20)6-10(11)17(5)14(22-16)7-12(18)15(2,3)23-17/h10-14,20H,6-8H2,1-5H3/t10-,11+,12?,13-,14+,16-,17?/m0/s1. The van der Waals surface area contributed by atoms with Crippen LogP contribution >= 0.6 is 15.9 Å². The Balaban J connectivity index is 2.02. The van der Waals surface area contributed by atoms with Gasteiger partial charge in [-0.2, -0.15) is 0 Å². The second-order valence-electron chi connectivity index (χ2n) is 8.22. The topological polar surface area (TPSA) is 65.0 Å². The molecule has 5 nitrogen and oxygen atoms in total. The van der Waals surface area contributed by atoms with Crippen LogP contribution in [0.1, 0.15) is 53.9 Å². The summed E-state index contributed by atoms with van der Waals surface area (Å²) in [6.07, 6.45) is 0.800. The van der Waals surface area contributed by atoms with E-state index in [0.717, 1.165) is 6.42 Å². The summed E-state index contributed by atoms with van der Waals surface area (Å²) in [5.41, 5.74) is -1.66. The van der Waals surface area contributed by atoms with E-state index < -0.39 is 17.3 Å². The summed E-state index contributed by atoms with van der Waals surface area (Å²) in [5, 5.41) is 10.6. The van der Waals surface area contributed by atoms with E-state index in [1.807, 2.05) is 13.8 Å². The largest absolute Gasteiger partial charge is 0.462 e. The number of hydrogen-bond donors (Lipinski definition) is 1. The zero-order chi connectivity index (χ0) is 17.2. The lowest BCUT2D eigenvalue weighted by Crippen LogP contribution is -2.62. The highest BCUT2D eigenvalue weighted by molar-refractivity contribution is 9.09. The monoisotopic (exact) mass is 390 g/mol. The summed E-state index contributed by atoms with van der Waals surface area (Å²) in [7, 11) is 0. The van der Waals surface area contributed by atoms with Crippen molar-refractivity contribution in [1.29, 1.82) is 0 Å². The summed E-state index contributed by atoms with van der Waals surface area (Å²) < 4.78 is 18.5. The molecule has 1 saturated carbocycles. The third-order valence-corrected chi connectivity index (χ3v) is 7.48. The number of fused-ring (bicyclic) bond motifs is 2. The second kappa shape index (κ2) is 5.41. The number of aliphatic hydroxyl groups is 1. The molecular weight excluding hydrogens is 364 g/mol. The minimum Gasteiger partial charge on any atom is -0.462 e. The Morgan fingerprint density at radius 1 is 1.26 bits per heavy atom. The number of aliphatic hydroxyl groups excluding tert-OH is 1. The van der Waals surface area contributed by atoms with Gasteiger partial charge in [0.1, 0.15) is 6.10 Å². The molecule has 0 aromatic rings. The zero-order valence-electron chi connectivity index (χ0n) is 14.5. The first kappa shape index (κ1) is 17.6. The molecule has 4 aliphatic rings. The lowest BCUT2D eigenvalue weighted by molar-refractivity contribution is -0.251. The molecule has 0 aromatic carbocycles. The number of esters is 1. The van der Waals surface area contributed by atoms with Crippen molar-refractivity contribution in [2.24, 2.45) is 5.92 Å². The molecule has 132 valence electrons. The number of alkyl halides is 1. The first-order valence-electron chi connectivity index (χ1n) is 8.35. The van der Waals surface area contributed by atoms with Gasteiger partial charge in [-0.1, -0.05) is 15.9 Å². The van der Waals surface area contributed by atoms with Crippen LogP contribution in [0, 0.1) is 5.92 Å². The molecule has 0 radical (unpaired) electrons. The van der Waals surface area contributed by atoms with Crippen molar-refractivity contribution in [3.63, 3.8) is 0 Å². The Morgan fingerprint density at radius 3 is 2.52 bits per heavy atom. The van der Waals surface area contributed by atoms with Gasteiger partial charge in [-0.3, -0.25) is 4.79 Å². The smallest absolute Gasteiger partial charge is 0.302 e. The molecule has 3 heterocycles. The molecule has 1 aliphatic carbocycles. The quantitative estimate of drug-likeness (QED) is 0.550. The van der Waals surface area contributed by atoms with E-state index >= 15 is 0 Å². The summed E-state index contributed by atoms with van der Waals surface area (Å²) in [4.78, 5) is 11.7. The van der Waals surface area contributed by atoms with E-state index in [9.17, 15) is 9.90 Å². The highest BCUT2D eigenvalue weighted by Gasteiger charge is 2.64. The molecule has 23 heavy (non-hydrogen) atoms. The lowest BCUT2D eigenvalue weighted by atomic mass is 9.68. The molecule has 0 aromatic heterocycles. The van der Waals surface area contributed by atoms with Crippen molar-refractivity contribution in [3.8, 4) is 0 Å². The molecule has 3 saturated heterocycles. The third-order valence-electron chi connectivity index (χ3n) is 6.00. The number of carbonyl (C=O) groups is 1. The summed E-state index contributed by atoms with van der Waals surface area (Å²) in [6, 6.07) is 0. The Kier molecular flexibility index (Phi) is 4.15. The van der Waals surface area contributed by atoms with Crippen LogP contribution in [0.2, 0.25) is 0 Å². The van der Waals surface area contributed by atoms with Crippen molar-refractivity contribution in [2.75, 3.05) is 0 Å². The molecule has 0 spiro atoms. The van der Waals surface area contributed by atoms with Gasteiger partial charge in [0, 0.05) is 24.1 Å². The summed E-state index contributed by atoms with van der Waals surface area (Å²) in [5.74, 6) is -0.379. The van der Waals surface area contributed by atoms with Gasteiger partial charge in [-0.25, -0.2) is 0 Å². The van der Waals surface area contributed by atoms with Gasteiger partial charge in [-0.15, -0.1) is 0 Å². The van der Waals surface area contributed by atoms with Crippen LogP contribution in [0.5, 0.6) is 0 Å². The third kappa shape index (κ3) is 2.75. The van der Waals surface area contributed by atoms with Crippen LogP contribution in [0.4, 0.5) is 0 Å². The van der Waals surface area contributed by atoms with E-state index in [-0.39, 0.29) is 34.5 Å². The van der Waals surface area contributed by atoms with Gasteiger partial charge < -0.3 is 19.3 Å². The first-order valence-corrected chi connectivity index (χ1v) is 9.27. The molecule has 6 heteroatoms. The Hall–Kier alpha value is -0.170. The van der Waals surface area contributed by atoms with Crippen LogP contribution in [-0.2, 0) is 19.0 Å². The van der Waals surface area contributed by atoms with Gasteiger partial charge in [-0.05, 0) is 40.5 Å². The van der Waals surface area contributed by atoms with Crippen LogP contribution in [0.25, 0.3) is 0 Å². The van der Waals surface area contributed by atoms with Gasteiger partial charge in [0.15, 0.2) is 0 Å². The van der Waals surface area contributed by atoms with Gasteiger partial charge >= 0.3 is 5.97 Å². The highest BCUT2D eigenvalue weighted by atomic mass is 79.9. The van der Waals surface area contributed by atoms with Crippen LogP contribution in [0.15, 0.2) is 0 Å². The Bertz CT molecular complexity index is 509. The van der Waals surface area contributed by atoms with Crippen molar-refractivity contribution < 1.29 is 24.1 Å². The number of hydrogen-bond acceptors (Lipinski definition) is 5. The van der Waals surface area contributed by atoms with Crippen LogP contribution in [0.3, 0.4) is 0 Å². The predicted octanol–water partition coefficient (Wildman–Crippen LogP) is 2.57. The first-order chi connectivity index (χ1) is 10.5. The van der Waals surface area contributed by atoms with Gasteiger partial charge in [0.05, 0.1) is 29.0 Å². The summed E-state index contributed by atoms with van der Waals surface area (Å²) in [6.45, 7) is 9.51. The average molecular weight is 391 g/mol. The van der Waals surface area contributed by atoms with E-state index in [4.69, 9.17) is 14.2 Å². The summed E-state index contributed by atoms with van der Waals surface area (Å²) >= 11 is 3.72. The van der Waals surface area contributed by atoms with E-state index in [1.165, 1.54) is 6.92 Å². The molecular formula is C17H27BrO5. The number of halogens is 1. The van der Waals surface area contributed by atoms with E-state index in [2.05, 4.69) is 29.8 Å². The second-order valence-corrected chi connectivity index (χ2v) is 9.33. The maximum Gasteiger partial charge on any atom is 0.302 e. The number of carbonyl (C=O) groups excluding carboxylic acids is 1. The fraction of sp³-hybridized carbons (Fsp3) is 0.941. The van der Waals surface area contributed by atoms with E-state index in [0.29, 0.717) is 12.8 Å². The number of ether oxygens (including phenoxy) is 3. The normalized spacial score (nSPS) is 51.7. The average Bonchev–Trinajstić information content (AvgIpc) is 2.50. The van der Waals surface area contributed by atoms with Crippen molar-refractivity contribution >= 4 is 21.9 Å². The van der Waals surface area contributed by atoms with Gasteiger partial charge in [0.2, 0.25) is 0 Å². The fourth-order valence-electron chi connectivity index (χ4n) is 4.59. The maximum atomic E-state index is 11.6. The fourth-order valence-corrected chi connectivity index (χ4v) is 5.03. The molecule has 3 aliphatic heterocycles. The van der Waals surface area contributed by atoms with Crippen molar-refractivity contribution in [2.45, 2.75) is 93.8 Å². The molecule has 4 fully saturated rings. The molecule has 2 bridgehead atoms. The van der Waals surface area contributed by atoms with Gasteiger partial charge in [0.25, 0.3) is 0 Å². The van der Waals surface area contributed by atoms with Crippen molar-refractivity contribution in [3.05, 3.63) is 0 Å². The molecule has 1 N–H and O–H groups in total. The molecule has 2 unspecified atom stereocenters. The van der Waals surface area contributed by atoms with Crippen LogP contribution < -0.4 is 0 Å². The van der Waals surface area contributed by atoms with Crippen LogP contribution in [-0.4, -0.2) is 51.0 Å². The zero-order valence-corrected chi connectivity index (χ0v) is 16.1. The minimum absolute atomic E-state index is 0.0822. The Labute approximate surface area is 146 Å². The maximum absolute atomic E-state index is 11.6. The lowest BCUT2D eigenvalue weighted by Gasteiger charge is -2.53. The van der Waals surface area contributed by atoms with Crippen molar-refractivity contribution in [1.82, 2.24) is 0 Å². The minimum atomic E-state index is -0.712. The Morgan fingerprint density at radius 2 is 1.91 bits per heavy atom. The highest BCUT2D eigenvalue weighted by Crippen LogP contribution is 2.55. The molecule has 7 atom stereocenters. The van der Waals surface area contributed by atoms with E-state index in [1.54, 1.807) is 0 Å². The molecule has 4 rings (SSSR count). The number of rotatable bonds is 1. The molecule has 0 amide bonds. The SMILES string of the molecule is CC(=O)O[C@@H]1C[C@]2(C)O[C@@H]3CC(Br)C(C)(C)OC3(C)[C@H]1C[C@@H]2O.